The molecule has 0 atom stereocenters. The van der Waals surface area contributed by atoms with Crippen LogP contribution >= 0.6 is 0 Å². The van der Waals surface area contributed by atoms with E-state index in [1.54, 1.807) is 6.07 Å². The van der Waals surface area contributed by atoms with E-state index in [1.165, 1.54) is 18.2 Å². The highest BCUT2D eigenvalue weighted by Crippen LogP contribution is 2.47. The van der Waals surface area contributed by atoms with Crippen LogP contribution in [-0.2, 0) is 10.4 Å². The van der Waals surface area contributed by atoms with E-state index in [0.717, 1.165) is 0 Å². The van der Waals surface area contributed by atoms with Gasteiger partial charge in [0, 0.05) is 5.39 Å². The predicted molar refractivity (Wildman–Crippen MR) is 60.4 cm³/mol. The van der Waals surface area contributed by atoms with Crippen molar-refractivity contribution in [3.8, 4) is 0 Å². The zero-order valence-corrected chi connectivity index (χ0v) is 9.39. The number of carboxylic acids is 1. The van der Waals surface area contributed by atoms with Crippen LogP contribution in [-0.4, -0.2) is 16.2 Å². The Morgan fingerprint density at radius 3 is 2.78 bits per heavy atom. The summed E-state index contributed by atoms with van der Waals surface area (Å²) in [4.78, 5) is 10.7. The van der Waals surface area contributed by atoms with Crippen LogP contribution in [0.3, 0.4) is 0 Å². The largest absolute Gasteiger partial charge is 0.481 e. The van der Waals surface area contributed by atoms with Crippen LogP contribution in [0.15, 0.2) is 28.7 Å². The zero-order chi connectivity index (χ0) is 12.9. The second-order valence-corrected chi connectivity index (χ2v) is 4.77. The van der Waals surface area contributed by atoms with Crippen molar-refractivity contribution in [3.05, 3.63) is 35.8 Å². The molecule has 0 saturated heterocycles. The number of hydrogen-bond donors (Lipinski definition) is 2. The summed E-state index contributed by atoms with van der Waals surface area (Å²) < 4.78 is 18.5. The Labute approximate surface area is 102 Å². The predicted octanol–water partition coefficient (Wildman–Crippen LogP) is 2.25. The van der Waals surface area contributed by atoms with Crippen molar-refractivity contribution in [2.45, 2.75) is 18.4 Å². The second kappa shape index (κ2) is 3.55. The van der Waals surface area contributed by atoms with E-state index in [4.69, 9.17) is 9.52 Å². The molecule has 0 amide bonds. The number of aliphatic carboxylic acids is 1. The third-order valence-electron chi connectivity index (χ3n) is 3.45. The fourth-order valence-corrected chi connectivity index (χ4v) is 2.37. The molecule has 1 aliphatic rings. The molecule has 18 heavy (non-hydrogen) atoms. The van der Waals surface area contributed by atoms with Gasteiger partial charge in [0.25, 0.3) is 0 Å². The molecule has 1 aliphatic carbocycles. The van der Waals surface area contributed by atoms with Gasteiger partial charge in [0.1, 0.15) is 22.8 Å². The van der Waals surface area contributed by atoms with Gasteiger partial charge in [-0.05, 0) is 37.1 Å². The van der Waals surface area contributed by atoms with Gasteiger partial charge in [-0.3, -0.25) is 4.79 Å². The van der Waals surface area contributed by atoms with E-state index in [9.17, 15) is 14.3 Å². The van der Waals surface area contributed by atoms with Crippen LogP contribution in [0.5, 0.6) is 0 Å². The molecule has 2 aromatic rings. The van der Waals surface area contributed by atoms with Crippen molar-refractivity contribution >= 4 is 16.9 Å². The third kappa shape index (κ3) is 1.59. The van der Waals surface area contributed by atoms with E-state index >= 15 is 0 Å². The molecule has 3 rings (SSSR count). The van der Waals surface area contributed by atoms with Crippen molar-refractivity contribution in [2.75, 3.05) is 0 Å². The first-order valence-electron chi connectivity index (χ1n) is 5.63. The molecule has 0 aliphatic heterocycles. The number of halogens is 1. The van der Waals surface area contributed by atoms with Gasteiger partial charge in [-0.25, -0.2) is 4.39 Å². The monoisotopic (exact) mass is 250 g/mol. The molecule has 1 saturated carbocycles. The number of furan rings is 1. The molecule has 0 unspecified atom stereocenters. The lowest BCUT2D eigenvalue weighted by atomic mass is 9.69. The van der Waals surface area contributed by atoms with Crippen molar-refractivity contribution in [3.63, 3.8) is 0 Å². The first-order valence-corrected chi connectivity index (χ1v) is 5.63. The second-order valence-electron chi connectivity index (χ2n) is 4.77. The first kappa shape index (κ1) is 11.2. The van der Waals surface area contributed by atoms with Crippen LogP contribution in [0.4, 0.5) is 4.39 Å². The first-order chi connectivity index (χ1) is 8.48. The maximum Gasteiger partial charge on any atom is 0.306 e. The Morgan fingerprint density at radius 1 is 1.39 bits per heavy atom. The average Bonchev–Trinajstić information content (AvgIpc) is 2.67. The van der Waals surface area contributed by atoms with Gasteiger partial charge in [0.15, 0.2) is 0 Å². The summed E-state index contributed by atoms with van der Waals surface area (Å²) in [5.74, 6) is -1.53. The highest BCUT2D eigenvalue weighted by molar-refractivity contribution is 5.78. The molecule has 5 heteroatoms. The molecule has 4 nitrogen and oxygen atoms in total. The maximum atomic E-state index is 13.0. The maximum absolute atomic E-state index is 13.0. The summed E-state index contributed by atoms with van der Waals surface area (Å²) in [6.07, 6.45) is 0.259. The molecular formula is C13H11FO4. The normalized spacial score (nSPS) is 27.1. The Balaban J connectivity index is 1.94. The summed E-state index contributed by atoms with van der Waals surface area (Å²) in [7, 11) is 0. The van der Waals surface area contributed by atoms with Crippen molar-refractivity contribution < 1.29 is 23.8 Å². The standard InChI is InChI=1S/C13H11FO4/c14-9-1-2-10-7(3-9)4-11(18-10)13(17)5-8(6-13)12(15)16/h1-4,8,17H,5-6H2,(H,15,16). The van der Waals surface area contributed by atoms with Gasteiger partial charge in [-0.1, -0.05) is 0 Å². The minimum Gasteiger partial charge on any atom is -0.481 e. The smallest absolute Gasteiger partial charge is 0.306 e. The zero-order valence-electron chi connectivity index (χ0n) is 9.39. The van der Waals surface area contributed by atoms with Crippen LogP contribution in [0, 0.1) is 11.7 Å². The molecule has 1 heterocycles. The molecule has 1 aromatic heterocycles. The van der Waals surface area contributed by atoms with Crippen LogP contribution in [0.25, 0.3) is 11.0 Å². The van der Waals surface area contributed by atoms with Gasteiger partial charge in [-0.15, -0.1) is 0 Å². The molecule has 2 N–H and O–H groups in total. The number of aliphatic hydroxyl groups is 1. The minimum absolute atomic E-state index is 0.130. The van der Waals surface area contributed by atoms with Crippen LogP contribution in [0.2, 0.25) is 0 Å². The molecular weight excluding hydrogens is 239 g/mol. The third-order valence-corrected chi connectivity index (χ3v) is 3.45. The Hall–Kier alpha value is -1.88. The lowest BCUT2D eigenvalue weighted by molar-refractivity contribution is -0.161. The summed E-state index contributed by atoms with van der Waals surface area (Å²) in [5.41, 5.74) is -0.753. The molecule has 1 fully saturated rings. The number of carboxylic acid groups (broad SMARTS) is 1. The topological polar surface area (TPSA) is 70.7 Å². The summed E-state index contributed by atoms with van der Waals surface area (Å²) in [6, 6.07) is 5.65. The quantitative estimate of drug-likeness (QED) is 0.857. The van der Waals surface area contributed by atoms with E-state index in [0.29, 0.717) is 16.7 Å². The highest BCUT2D eigenvalue weighted by Gasteiger charge is 2.49. The SMILES string of the molecule is O=C(O)C1CC(O)(c2cc3cc(F)ccc3o2)C1. The van der Waals surface area contributed by atoms with Gasteiger partial charge in [0.05, 0.1) is 5.92 Å². The molecule has 0 radical (unpaired) electrons. The number of carbonyl (C=O) groups is 1. The lowest BCUT2D eigenvalue weighted by Crippen LogP contribution is -2.44. The number of hydrogen-bond acceptors (Lipinski definition) is 3. The highest BCUT2D eigenvalue weighted by atomic mass is 19.1. The fraction of sp³-hybridized carbons (Fsp3) is 0.308. The summed E-state index contributed by atoms with van der Waals surface area (Å²) in [5, 5.41) is 19.6. The van der Waals surface area contributed by atoms with Crippen LogP contribution < -0.4 is 0 Å². The van der Waals surface area contributed by atoms with Gasteiger partial charge >= 0.3 is 5.97 Å². The Kier molecular flexibility index (Phi) is 2.22. The van der Waals surface area contributed by atoms with E-state index in [-0.39, 0.29) is 18.7 Å². The van der Waals surface area contributed by atoms with Crippen LogP contribution in [0.1, 0.15) is 18.6 Å². The van der Waals surface area contributed by atoms with E-state index < -0.39 is 17.5 Å². The molecule has 1 aromatic carbocycles. The van der Waals surface area contributed by atoms with Crippen molar-refractivity contribution in [1.82, 2.24) is 0 Å². The van der Waals surface area contributed by atoms with E-state index in [2.05, 4.69) is 0 Å². The van der Waals surface area contributed by atoms with Crippen molar-refractivity contribution in [1.29, 1.82) is 0 Å². The molecule has 94 valence electrons. The molecule has 0 spiro atoms. The lowest BCUT2D eigenvalue weighted by Gasteiger charge is -2.39. The van der Waals surface area contributed by atoms with Gasteiger partial charge in [0.2, 0.25) is 0 Å². The average molecular weight is 250 g/mol. The molecule has 0 bridgehead atoms. The fourth-order valence-electron chi connectivity index (χ4n) is 2.37. The van der Waals surface area contributed by atoms with Crippen molar-refractivity contribution in [2.24, 2.45) is 5.92 Å². The summed E-state index contributed by atoms with van der Waals surface area (Å²) in [6.45, 7) is 0. The Morgan fingerprint density at radius 2 is 2.11 bits per heavy atom. The number of rotatable bonds is 2. The van der Waals surface area contributed by atoms with E-state index in [1.807, 2.05) is 0 Å². The minimum atomic E-state index is -1.24. The van der Waals surface area contributed by atoms with Gasteiger partial charge < -0.3 is 14.6 Å². The Bertz CT molecular complexity index is 625. The number of benzene rings is 1. The van der Waals surface area contributed by atoms with Gasteiger partial charge in [-0.2, -0.15) is 0 Å². The number of fused-ring (bicyclic) bond motifs is 1. The summed E-state index contributed by atoms with van der Waals surface area (Å²) >= 11 is 0.